The van der Waals surface area contributed by atoms with Gasteiger partial charge in [0.05, 0.1) is 57.6 Å². The van der Waals surface area contributed by atoms with Crippen LogP contribution in [0.2, 0.25) is 0 Å². The van der Waals surface area contributed by atoms with Gasteiger partial charge in [0, 0.05) is 90.8 Å². The van der Waals surface area contributed by atoms with Crippen molar-refractivity contribution in [1.29, 1.82) is 0 Å². The molecule has 2 aliphatic heterocycles. The first-order chi connectivity index (χ1) is 36.4. The Morgan fingerprint density at radius 1 is 0.730 bits per heavy atom. The number of amides is 1. The molecule has 2 aliphatic rings. The summed E-state index contributed by atoms with van der Waals surface area (Å²) >= 11 is 3.51. The summed E-state index contributed by atoms with van der Waals surface area (Å²) in [5.41, 5.74) is 17.9. The first-order valence-corrected chi connectivity index (χ1v) is 26.5. The monoisotopic (exact) mass is 1000 g/mol. The second-order valence-corrected chi connectivity index (χ2v) is 21.1. The Bertz CT molecular complexity index is 4160. The third-order valence-corrected chi connectivity index (χ3v) is 16.4. The second kappa shape index (κ2) is 18.2. The van der Waals surface area contributed by atoms with Crippen LogP contribution in [-0.2, 0) is 6.54 Å². The molecular formula is C58H45N13OS2. The maximum Gasteiger partial charge on any atom is 0.255 e. The smallest absolute Gasteiger partial charge is 0.255 e. The van der Waals surface area contributed by atoms with E-state index in [0.717, 1.165) is 125 Å². The first kappa shape index (κ1) is 44.2. The number of H-pyrrole nitrogens is 4. The number of thioether (sulfide) groups is 1. The fraction of sp³-hybridized carbons (Fsp3) is 0.138. The normalized spacial score (nSPS) is 15.0. The summed E-state index contributed by atoms with van der Waals surface area (Å²) in [5.74, 6) is -0.215. The number of fused-ring (bicyclic) bond motifs is 4. The van der Waals surface area contributed by atoms with Crippen LogP contribution in [0.15, 0.2) is 145 Å². The molecule has 10 aromatic heterocycles. The third-order valence-electron chi connectivity index (χ3n) is 14.3. The minimum atomic E-state index is -0.215. The van der Waals surface area contributed by atoms with E-state index in [1.165, 1.54) is 28.8 Å². The van der Waals surface area contributed by atoms with Crippen LogP contribution < -0.4 is 5.32 Å². The van der Waals surface area contributed by atoms with Crippen LogP contribution in [0, 0.1) is 6.92 Å². The summed E-state index contributed by atoms with van der Waals surface area (Å²) < 4.78 is 0. The van der Waals surface area contributed by atoms with Crippen molar-refractivity contribution in [1.82, 2.24) is 60.2 Å². The molecule has 0 bridgehead atoms. The van der Waals surface area contributed by atoms with E-state index in [-0.39, 0.29) is 11.2 Å². The van der Waals surface area contributed by atoms with Gasteiger partial charge in [-0.05, 0) is 133 Å². The number of thiophene rings is 1. The number of aryl methyl sites for hydroxylation is 1. The molecule has 0 saturated carbocycles. The third kappa shape index (κ3) is 7.94. The van der Waals surface area contributed by atoms with Gasteiger partial charge in [0.2, 0.25) is 0 Å². The number of hydrogen-bond acceptors (Lipinski definition) is 11. The van der Waals surface area contributed by atoms with Gasteiger partial charge in [-0.25, -0.2) is 9.97 Å². The van der Waals surface area contributed by atoms with Crippen LogP contribution in [-0.4, -0.2) is 79.2 Å². The summed E-state index contributed by atoms with van der Waals surface area (Å²) in [6.07, 6.45) is 14.2. The summed E-state index contributed by atoms with van der Waals surface area (Å²) in [6, 6.07) is 32.6. The van der Waals surface area contributed by atoms with E-state index in [9.17, 15) is 4.79 Å². The van der Waals surface area contributed by atoms with Gasteiger partial charge < -0.3 is 15.3 Å². The molecule has 12 heterocycles. The predicted octanol–water partition coefficient (Wildman–Crippen LogP) is 13.1. The molecule has 5 N–H and O–H groups in total. The van der Waals surface area contributed by atoms with Crippen molar-refractivity contribution in [3.8, 4) is 55.7 Å². The van der Waals surface area contributed by atoms with Crippen LogP contribution in [0.4, 0.5) is 5.69 Å². The molecule has 1 unspecified atom stereocenters. The average Bonchev–Trinajstić information content (AvgIpc) is 4.29. The summed E-state index contributed by atoms with van der Waals surface area (Å²) in [4.78, 5) is 48.6. The topological polar surface area (TPSA) is 186 Å². The van der Waals surface area contributed by atoms with Crippen molar-refractivity contribution < 1.29 is 4.79 Å². The Hall–Kier alpha value is -8.57. The minimum Gasteiger partial charge on any atom is -0.353 e. The number of carbonyl (C=O) groups is 1. The van der Waals surface area contributed by atoms with Crippen molar-refractivity contribution in [3.63, 3.8) is 0 Å². The lowest BCUT2D eigenvalue weighted by Crippen LogP contribution is -2.18. The quantitative estimate of drug-likeness (QED) is 0.0835. The molecule has 16 heteroatoms. The highest BCUT2D eigenvalue weighted by Crippen LogP contribution is 2.49. The minimum absolute atomic E-state index is 0.0691. The molecular weight excluding hydrogens is 959 g/mol. The van der Waals surface area contributed by atoms with E-state index in [1.807, 2.05) is 49.1 Å². The Morgan fingerprint density at radius 2 is 1.54 bits per heavy atom. The number of aromatic amines is 4. The van der Waals surface area contributed by atoms with Gasteiger partial charge in [-0.1, -0.05) is 36.4 Å². The Labute approximate surface area is 431 Å². The van der Waals surface area contributed by atoms with Crippen LogP contribution in [0.3, 0.4) is 0 Å². The van der Waals surface area contributed by atoms with E-state index in [0.29, 0.717) is 23.4 Å². The van der Waals surface area contributed by atoms with E-state index in [2.05, 4.69) is 119 Å². The zero-order valence-electron chi connectivity index (χ0n) is 40.0. The zero-order valence-corrected chi connectivity index (χ0v) is 41.6. The Balaban J connectivity index is 0.813. The fourth-order valence-corrected chi connectivity index (χ4v) is 12.6. The molecule has 0 radical (unpaired) electrons. The largest absolute Gasteiger partial charge is 0.353 e. The lowest BCUT2D eigenvalue weighted by molar-refractivity contribution is 0.102. The highest BCUT2D eigenvalue weighted by atomic mass is 32.2. The van der Waals surface area contributed by atoms with Gasteiger partial charge in [0.15, 0.2) is 0 Å². The van der Waals surface area contributed by atoms with Crippen LogP contribution in [0.1, 0.15) is 57.3 Å². The maximum atomic E-state index is 13.3. The van der Waals surface area contributed by atoms with Gasteiger partial charge in [0.1, 0.15) is 17.0 Å². The van der Waals surface area contributed by atoms with Crippen molar-refractivity contribution >= 4 is 84.0 Å². The number of nitrogens with zero attached hydrogens (tertiary/aromatic N) is 8. The lowest BCUT2D eigenvalue weighted by atomic mass is 9.99. The number of anilines is 1. The molecule has 14 rings (SSSR count). The van der Waals surface area contributed by atoms with Gasteiger partial charge in [-0.3, -0.25) is 34.8 Å². The molecule has 2 aromatic carbocycles. The molecule has 360 valence electrons. The molecule has 1 saturated heterocycles. The summed E-state index contributed by atoms with van der Waals surface area (Å²) in [6.45, 7) is 5.28. The van der Waals surface area contributed by atoms with Crippen molar-refractivity contribution in [2.45, 2.75) is 38.0 Å². The summed E-state index contributed by atoms with van der Waals surface area (Å²) in [5, 5.41) is 28.0. The number of hydrogen-bond donors (Lipinski definition) is 5. The Kier molecular flexibility index (Phi) is 10.8. The average molecular weight is 1000 g/mol. The van der Waals surface area contributed by atoms with Crippen LogP contribution in [0.25, 0.3) is 105 Å². The molecule has 74 heavy (non-hydrogen) atoms. The number of carbonyl (C=O) groups excluding carboxylic acids is 1. The predicted molar refractivity (Wildman–Crippen MR) is 297 cm³/mol. The van der Waals surface area contributed by atoms with Gasteiger partial charge in [-0.15, -0.1) is 23.1 Å². The standard InChI is InChI=1S/C58H45N13OS2/c1-32-11-12-39(50-10-7-17-73-50)41-21-47(65-52(32)41)55-44-24-46(36-19-38(28-60-27-36)63-58(72)34-8-3-2-4-9-34)64-53(56(44)70-69-55)37-20-51(74-31-37)40-13-14-61-57-42(40)22-48(66-57)54-43-23-45(62-29-49(43)67-68-54)35-18-33(25-59-26-35)30-71-15-5-6-16-71/h2-4,7-14,17-19,21-29,31,51,65H,5-6,15-16,20,30H2,1H3,(H,61,66)(H,63,72)(H,67,68)(H,69,70). The highest BCUT2D eigenvalue weighted by Gasteiger charge is 2.28. The van der Waals surface area contributed by atoms with Crippen molar-refractivity contribution in [2.24, 2.45) is 0 Å². The number of benzene rings is 2. The van der Waals surface area contributed by atoms with E-state index >= 15 is 0 Å². The molecule has 0 aliphatic carbocycles. The second-order valence-electron chi connectivity index (χ2n) is 19.1. The maximum absolute atomic E-state index is 13.3. The Morgan fingerprint density at radius 3 is 2.42 bits per heavy atom. The van der Waals surface area contributed by atoms with E-state index < -0.39 is 0 Å². The molecule has 1 atom stereocenters. The first-order valence-electron chi connectivity index (χ1n) is 24.7. The van der Waals surface area contributed by atoms with Gasteiger partial charge >= 0.3 is 0 Å². The van der Waals surface area contributed by atoms with Gasteiger partial charge in [-0.2, -0.15) is 10.2 Å². The van der Waals surface area contributed by atoms with Crippen LogP contribution >= 0.6 is 23.1 Å². The van der Waals surface area contributed by atoms with Crippen LogP contribution in [0.5, 0.6) is 0 Å². The molecule has 1 fully saturated rings. The van der Waals surface area contributed by atoms with E-state index in [1.54, 1.807) is 47.6 Å². The zero-order chi connectivity index (χ0) is 49.3. The number of likely N-dealkylation sites (tertiary alicyclic amines) is 1. The summed E-state index contributed by atoms with van der Waals surface area (Å²) in [7, 11) is 0. The number of allylic oxidation sites excluding steroid dienone is 1. The molecule has 1 amide bonds. The number of aromatic nitrogens is 11. The van der Waals surface area contributed by atoms with E-state index in [4.69, 9.17) is 25.1 Å². The SMILES string of the molecule is Cc1ccc(-c2cccs2)c2cc(-c3n[nH]c4c(C5=CSC(c6ccnc7[nH]c(-c8n[nH]c9cnc(-c%10cncc(CN%11CCCC%11)c%10)cc89)cc67)C5)nc(-c5cncc(NC(=O)c6ccccc6)c5)cc34)[nH]c12. The van der Waals surface area contributed by atoms with Crippen molar-refractivity contribution in [3.05, 3.63) is 173 Å². The molecule has 0 spiro atoms. The number of nitrogens with one attached hydrogen (secondary N) is 5. The highest BCUT2D eigenvalue weighted by molar-refractivity contribution is 8.02. The fourth-order valence-electron chi connectivity index (χ4n) is 10.6. The van der Waals surface area contributed by atoms with Gasteiger partial charge in [0.25, 0.3) is 5.91 Å². The molecule has 12 aromatic rings. The lowest BCUT2D eigenvalue weighted by Gasteiger charge is -2.14. The number of rotatable bonds is 11. The molecule has 14 nitrogen and oxygen atoms in total. The number of pyridine rings is 5. The van der Waals surface area contributed by atoms with Crippen molar-refractivity contribution in [2.75, 3.05) is 18.4 Å².